The number of hydrogen-bond donors (Lipinski definition) is 0. The Labute approximate surface area is 232 Å². The van der Waals surface area contributed by atoms with Crippen LogP contribution in [0.4, 0.5) is 0 Å². The van der Waals surface area contributed by atoms with Gasteiger partial charge in [0.15, 0.2) is 0 Å². The molecule has 2 aromatic carbocycles. The molecular formula is C32H36N4O4. The van der Waals surface area contributed by atoms with Gasteiger partial charge in [0.1, 0.15) is 12.1 Å². The maximum absolute atomic E-state index is 13.8. The summed E-state index contributed by atoms with van der Waals surface area (Å²) in [7, 11) is 0. The summed E-state index contributed by atoms with van der Waals surface area (Å²) in [6, 6.07) is 6.73. The molecule has 4 heterocycles. The predicted molar refractivity (Wildman–Crippen MR) is 159 cm³/mol. The van der Waals surface area contributed by atoms with Gasteiger partial charge in [-0.2, -0.15) is 10.5 Å². The van der Waals surface area contributed by atoms with E-state index in [0.717, 1.165) is 73.3 Å². The van der Waals surface area contributed by atoms with Crippen molar-refractivity contribution in [1.82, 2.24) is 9.13 Å². The molecule has 0 saturated heterocycles. The molecule has 0 amide bonds. The van der Waals surface area contributed by atoms with Crippen LogP contribution in [0.3, 0.4) is 0 Å². The van der Waals surface area contributed by atoms with Crippen molar-refractivity contribution in [2.24, 2.45) is 0 Å². The molecule has 4 aromatic heterocycles. The first kappa shape index (κ1) is 29.0. The Bertz CT molecular complexity index is 1700. The van der Waals surface area contributed by atoms with E-state index in [-0.39, 0.29) is 56.5 Å². The summed E-state index contributed by atoms with van der Waals surface area (Å²) in [6.45, 7) is 4.63. The molecule has 0 aliphatic rings. The van der Waals surface area contributed by atoms with Gasteiger partial charge in [0.25, 0.3) is 22.2 Å². The van der Waals surface area contributed by atoms with E-state index < -0.39 is 22.2 Å². The summed E-state index contributed by atoms with van der Waals surface area (Å²) < 4.78 is 2.27. The number of nitrogens with zero attached hydrogens (tertiary/aromatic N) is 4. The minimum Gasteiger partial charge on any atom is -0.274 e. The molecule has 8 nitrogen and oxygen atoms in total. The van der Waals surface area contributed by atoms with Gasteiger partial charge in [-0.25, -0.2) is 0 Å². The molecule has 0 aliphatic carbocycles. The van der Waals surface area contributed by atoms with Crippen LogP contribution in [-0.4, -0.2) is 9.13 Å². The van der Waals surface area contributed by atoms with Crippen molar-refractivity contribution in [1.29, 1.82) is 10.5 Å². The molecular weight excluding hydrogens is 504 g/mol. The van der Waals surface area contributed by atoms with Crippen molar-refractivity contribution < 1.29 is 0 Å². The predicted octanol–water partition coefficient (Wildman–Crippen LogP) is 5.53. The lowest BCUT2D eigenvalue weighted by Gasteiger charge is -2.04. The Morgan fingerprint density at radius 3 is 1.23 bits per heavy atom. The minimum atomic E-state index is -0.637. The summed E-state index contributed by atoms with van der Waals surface area (Å²) in [6.07, 6.45) is 11.6. The quantitative estimate of drug-likeness (QED) is 0.194. The van der Waals surface area contributed by atoms with E-state index in [1.807, 2.05) is 12.1 Å². The van der Waals surface area contributed by atoms with Crippen molar-refractivity contribution in [3.8, 4) is 12.1 Å². The molecule has 0 fully saturated rings. The first-order chi connectivity index (χ1) is 19.4. The van der Waals surface area contributed by atoms with Gasteiger partial charge in [-0.3, -0.25) is 28.3 Å². The number of fused-ring (bicyclic) bond motifs is 6. The molecule has 0 saturated carbocycles. The zero-order chi connectivity index (χ0) is 28.8. The molecule has 40 heavy (non-hydrogen) atoms. The molecule has 0 aliphatic heterocycles. The third-order valence-corrected chi connectivity index (χ3v) is 7.99. The van der Waals surface area contributed by atoms with Crippen LogP contribution >= 0.6 is 0 Å². The summed E-state index contributed by atoms with van der Waals surface area (Å²) in [5.74, 6) is 0. The third-order valence-electron chi connectivity index (χ3n) is 7.99. The molecule has 208 valence electrons. The summed E-state index contributed by atoms with van der Waals surface area (Å²) in [5, 5.41) is 20.1. The molecule has 0 atom stereocenters. The number of rotatable bonds is 14. The van der Waals surface area contributed by atoms with Gasteiger partial charge in [-0.1, -0.05) is 78.1 Å². The van der Waals surface area contributed by atoms with Crippen LogP contribution in [0.1, 0.15) is 102 Å². The molecule has 0 N–H and O–H groups in total. The summed E-state index contributed by atoms with van der Waals surface area (Å²) >= 11 is 0. The van der Waals surface area contributed by atoms with Crippen molar-refractivity contribution in [2.45, 2.75) is 104 Å². The molecule has 0 spiro atoms. The van der Waals surface area contributed by atoms with Gasteiger partial charge >= 0.3 is 0 Å². The van der Waals surface area contributed by atoms with Gasteiger partial charge in [0, 0.05) is 23.9 Å². The average Bonchev–Trinajstić information content (AvgIpc) is 3.21. The highest BCUT2D eigenvalue weighted by Crippen LogP contribution is 2.33. The molecule has 8 heteroatoms. The average molecular weight is 541 g/mol. The van der Waals surface area contributed by atoms with E-state index in [4.69, 9.17) is 0 Å². The SMILES string of the molecule is CCCCCCCCn1c(=O)c2cc(C#N)c(c1=O)c1c3cc(C#N)c(c(=O)n(CCCCCCCC)c3=O)c21. The van der Waals surface area contributed by atoms with Crippen LogP contribution in [0.25, 0.3) is 32.3 Å². The van der Waals surface area contributed by atoms with Gasteiger partial charge in [0.2, 0.25) is 0 Å². The standard InChI is InChI=1S/C32H36N4O4/c1-3-5-7-9-11-13-15-35-29(37)23-17-21(19-33)25(31(35)39)28-24-18-22(20-34)26(27(23)28)32(40)36(30(24)38)16-14-12-10-8-6-4-2/h17-18H,3-16H2,1-2H3. The first-order valence-corrected chi connectivity index (χ1v) is 14.6. The Kier molecular flexibility index (Phi) is 9.32. The lowest BCUT2D eigenvalue weighted by atomic mass is 9.94. The first-order valence-electron chi connectivity index (χ1n) is 14.6. The number of hydrogen-bond acceptors (Lipinski definition) is 6. The number of nitriles is 2. The second-order valence-electron chi connectivity index (χ2n) is 10.7. The number of unbranched alkanes of at least 4 members (excludes halogenated alkanes) is 10. The Hall–Kier alpha value is -4.04. The van der Waals surface area contributed by atoms with Crippen molar-refractivity contribution >= 4 is 32.3 Å². The highest BCUT2D eigenvalue weighted by Gasteiger charge is 2.25. The van der Waals surface area contributed by atoms with Crippen LogP contribution in [0.15, 0.2) is 31.3 Å². The molecule has 6 aromatic rings. The fourth-order valence-electron chi connectivity index (χ4n) is 5.85. The van der Waals surface area contributed by atoms with Crippen LogP contribution < -0.4 is 22.2 Å². The van der Waals surface area contributed by atoms with E-state index in [2.05, 4.69) is 13.8 Å². The normalized spacial score (nSPS) is 11.5. The van der Waals surface area contributed by atoms with E-state index in [1.54, 1.807) is 0 Å². The van der Waals surface area contributed by atoms with Crippen LogP contribution in [0.5, 0.6) is 0 Å². The van der Waals surface area contributed by atoms with Crippen molar-refractivity contribution in [3.05, 3.63) is 64.7 Å². The molecule has 0 radical (unpaired) electrons. The Morgan fingerprint density at radius 1 is 0.525 bits per heavy atom. The van der Waals surface area contributed by atoms with Crippen LogP contribution in [0, 0.1) is 22.7 Å². The lowest BCUT2D eigenvalue weighted by molar-refractivity contribution is 0.545. The van der Waals surface area contributed by atoms with Gasteiger partial charge in [0.05, 0.1) is 32.7 Å². The topological polar surface area (TPSA) is 126 Å². The second-order valence-corrected chi connectivity index (χ2v) is 10.7. The van der Waals surface area contributed by atoms with E-state index >= 15 is 0 Å². The van der Waals surface area contributed by atoms with Gasteiger partial charge in [-0.15, -0.1) is 0 Å². The monoisotopic (exact) mass is 540 g/mol. The maximum Gasteiger partial charge on any atom is 0.262 e. The van der Waals surface area contributed by atoms with Crippen LogP contribution in [-0.2, 0) is 13.1 Å². The van der Waals surface area contributed by atoms with Crippen LogP contribution in [0.2, 0.25) is 0 Å². The minimum absolute atomic E-state index is 0.00664. The van der Waals surface area contributed by atoms with E-state index in [9.17, 15) is 29.7 Å². The highest BCUT2D eigenvalue weighted by atomic mass is 16.2. The highest BCUT2D eigenvalue weighted by molar-refractivity contribution is 6.24. The summed E-state index contributed by atoms with van der Waals surface area (Å²) in [4.78, 5) is 55.2. The molecule has 6 rings (SSSR count). The van der Waals surface area contributed by atoms with Crippen molar-refractivity contribution in [3.63, 3.8) is 0 Å². The van der Waals surface area contributed by atoms with Gasteiger partial charge < -0.3 is 0 Å². The lowest BCUT2D eigenvalue weighted by Crippen LogP contribution is -2.30. The zero-order valence-electron chi connectivity index (χ0n) is 23.5. The van der Waals surface area contributed by atoms with Gasteiger partial charge in [-0.05, 0) is 25.0 Å². The van der Waals surface area contributed by atoms with E-state index in [1.165, 1.54) is 12.1 Å². The molecule has 0 unspecified atom stereocenters. The zero-order valence-corrected chi connectivity index (χ0v) is 23.5. The second kappa shape index (κ2) is 12.9. The fourth-order valence-corrected chi connectivity index (χ4v) is 5.85. The Morgan fingerprint density at radius 2 is 0.875 bits per heavy atom. The summed E-state index contributed by atoms with van der Waals surface area (Å²) in [5.41, 5.74) is -2.50. The fraction of sp³-hybridized carbons (Fsp3) is 0.500. The molecule has 4 bridgehead atoms. The van der Waals surface area contributed by atoms with Crippen molar-refractivity contribution in [2.75, 3.05) is 0 Å². The number of benzene rings is 2. The third kappa shape index (κ3) is 5.23. The maximum atomic E-state index is 13.8. The largest absolute Gasteiger partial charge is 0.274 e. The smallest absolute Gasteiger partial charge is 0.262 e. The number of aromatic nitrogens is 2. The van der Waals surface area contributed by atoms with E-state index in [0.29, 0.717) is 12.8 Å². The Balaban J connectivity index is 1.96.